The van der Waals surface area contributed by atoms with E-state index in [-0.39, 0.29) is 5.37 Å². The van der Waals surface area contributed by atoms with E-state index in [1.54, 1.807) is 0 Å². The van der Waals surface area contributed by atoms with Crippen molar-refractivity contribution in [3.05, 3.63) is 36.0 Å². The SMILES string of the molecule is CC1SCCCN(C)CCCCN1C(=O)CCc1cn(C)c2ccccc12. The molecular formula is C22H33N3OS. The number of hydrogen-bond donors (Lipinski definition) is 0. The fourth-order valence-corrected chi connectivity index (χ4v) is 5.01. The van der Waals surface area contributed by atoms with E-state index in [9.17, 15) is 4.79 Å². The number of rotatable bonds is 3. The number of hydrogen-bond acceptors (Lipinski definition) is 3. The quantitative estimate of drug-likeness (QED) is 0.793. The van der Waals surface area contributed by atoms with Gasteiger partial charge < -0.3 is 14.4 Å². The van der Waals surface area contributed by atoms with Crippen molar-refractivity contribution < 1.29 is 4.79 Å². The van der Waals surface area contributed by atoms with E-state index in [1.165, 1.54) is 29.3 Å². The van der Waals surface area contributed by atoms with Gasteiger partial charge in [0.15, 0.2) is 0 Å². The number of fused-ring (bicyclic) bond motifs is 1. The molecule has 3 rings (SSSR count). The molecule has 0 bridgehead atoms. The first-order chi connectivity index (χ1) is 13.1. The summed E-state index contributed by atoms with van der Waals surface area (Å²) >= 11 is 1.93. The van der Waals surface area contributed by atoms with Crippen molar-refractivity contribution in [2.75, 3.05) is 32.4 Å². The van der Waals surface area contributed by atoms with Crippen LogP contribution in [0.2, 0.25) is 0 Å². The van der Waals surface area contributed by atoms with Crippen LogP contribution >= 0.6 is 11.8 Å². The third-order valence-corrected chi connectivity index (χ3v) is 6.84. The molecule has 1 aromatic carbocycles. The topological polar surface area (TPSA) is 28.5 Å². The molecule has 1 aliphatic rings. The molecule has 1 atom stereocenters. The van der Waals surface area contributed by atoms with E-state index in [0.717, 1.165) is 38.2 Å². The largest absolute Gasteiger partial charge is 0.350 e. The van der Waals surface area contributed by atoms with Crippen molar-refractivity contribution in [3.8, 4) is 0 Å². The molecule has 1 saturated heterocycles. The summed E-state index contributed by atoms with van der Waals surface area (Å²) in [6.45, 7) is 5.38. The van der Waals surface area contributed by atoms with Crippen molar-refractivity contribution in [3.63, 3.8) is 0 Å². The van der Waals surface area contributed by atoms with Gasteiger partial charge in [0.2, 0.25) is 5.91 Å². The first-order valence-corrected chi connectivity index (χ1v) is 11.2. The Morgan fingerprint density at radius 3 is 2.70 bits per heavy atom. The Balaban J connectivity index is 1.63. The summed E-state index contributed by atoms with van der Waals surface area (Å²) in [5.74, 6) is 1.43. The lowest BCUT2D eigenvalue weighted by atomic mass is 10.1. The molecule has 5 heteroatoms. The lowest BCUT2D eigenvalue weighted by Gasteiger charge is -2.29. The molecule has 1 amide bonds. The van der Waals surface area contributed by atoms with E-state index >= 15 is 0 Å². The molecule has 2 heterocycles. The van der Waals surface area contributed by atoms with Crippen molar-refractivity contribution in [1.82, 2.24) is 14.4 Å². The zero-order chi connectivity index (χ0) is 19.2. The second kappa shape index (κ2) is 9.65. The Morgan fingerprint density at radius 1 is 1.11 bits per heavy atom. The Kier molecular flexibility index (Phi) is 7.25. The number of carbonyl (C=O) groups is 1. The molecule has 27 heavy (non-hydrogen) atoms. The first kappa shape index (κ1) is 20.3. The molecular weight excluding hydrogens is 354 g/mol. The van der Waals surface area contributed by atoms with E-state index in [0.29, 0.717) is 12.3 Å². The summed E-state index contributed by atoms with van der Waals surface area (Å²) in [6.07, 6.45) is 7.05. The second-order valence-electron chi connectivity index (χ2n) is 7.70. The monoisotopic (exact) mass is 387 g/mol. The van der Waals surface area contributed by atoms with Crippen LogP contribution in [0.15, 0.2) is 30.5 Å². The van der Waals surface area contributed by atoms with Gasteiger partial charge in [0.05, 0.1) is 5.37 Å². The number of amides is 1. The van der Waals surface area contributed by atoms with Crippen LogP contribution in [0.25, 0.3) is 10.9 Å². The van der Waals surface area contributed by atoms with Crippen molar-refractivity contribution >= 4 is 28.6 Å². The Hall–Kier alpha value is -1.46. The highest BCUT2D eigenvalue weighted by molar-refractivity contribution is 7.99. The van der Waals surface area contributed by atoms with Gasteiger partial charge >= 0.3 is 0 Å². The predicted molar refractivity (Wildman–Crippen MR) is 116 cm³/mol. The number of aryl methyl sites for hydroxylation is 2. The van der Waals surface area contributed by atoms with Crippen LogP contribution in [0.3, 0.4) is 0 Å². The minimum absolute atomic E-state index is 0.272. The van der Waals surface area contributed by atoms with Crippen LogP contribution in [0.4, 0.5) is 0 Å². The van der Waals surface area contributed by atoms with Crippen LogP contribution in [0.5, 0.6) is 0 Å². The highest BCUT2D eigenvalue weighted by Crippen LogP contribution is 2.23. The highest BCUT2D eigenvalue weighted by atomic mass is 32.2. The normalized spacial score (nSPS) is 20.6. The maximum absolute atomic E-state index is 13.0. The molecule has 4 nitrogen and oxygen atoms in total. The molecule has 1 unspecified atom stereocenters. The maximum atomic E-state index is 13.0. The smallest absolute Gasteiger partial charge is 0.223 e. The number of nitrogens with zero attached hydrogens (tertiary/aromatic N) is 3. The number of aromatic nitrogens is 1. The molecule has 0 radical (unpaired) electrons. The second-order valence-corrected chi connectivity index (χ2v) is 9.13. The van der Waals surface area contributed by atoms with Gasteiger partial charge in [-0.15, -0.1) is 11.8 Å². The first-order valence-electron chi connectivity index (χ1n) is 10.2. The minimum atomic E-state index is 0.272. The summed E-state index contributed by atoms with van der Waals surface area (Å²) < 4.78 is 2.16. The third-order valence-electron chi connectivity index (χ3n) is 5.58. The molecule has 1 aromatic heterocycles. The number of para-hydroxylation sites is 1. The van der Waals surface area contributed by atoms with Crippen molar-refractivity contribution in [1.29, 1.82) is 0 Å². The Labute approximate surface area is 167 Å². The van der Waals surface area contributed by atoms with E-state index in [1.807, 2.05) is 11.8 Å². The van der Waals surface area contributed by atoms with Crippen molar-refractivity contribution in [2.45, 2.75) is 44.4 Å². The molecule has 0 N–H and O–H groups in total. The van der Waals surface area contributed by atoms with Gasteiger partial charge in [-0.2, -0.15) is 0 Å². The van der Waals surface area contributed by atoms with Crippen LogP contribution in [-0.4, -0.2) is 58.1 Å². The molecule has 1 aliphatic heterocycles. The minimum Gasteiger partial charge on any atom is -0.350 e. The number of thioether (sulfide) groups is 1. The van der Waals surface area contributed by atoms with Gasteiger partial charge in [0.25, 0.3) is 0 Å². The molecule has 0 saturated carbocycles. The van der Waals surface area contributed by atoms with E-state index in [4.69, 9.17) is 0 Å². The molecule has 1 fully saturated rings. The maximum Gasteiger partial charge on any atom is 0.223 e. The average molecular weight is 388 g/mol. The summed E-state index contributed by atoms with van der Waals surface area (Å²) in [5, 5.41) is 1.55. The summed E-state index contributed by atoms with van der Waals surface area (Å²) in [4.78, 5) is 17.6. The fourth-order valence-electron chi connectivity index (χ4n) is 3.97. The fraction of sp³-hybridized carbons (Fsp3) is 0.591. The molecule has 0 aliphatic carbocycles. The summed E-state index contributed by atoms with van der Waals surface area (Å²) in [5.41, 5.74) is 2.52. The zero-order valence-corrected chi connectivity index (χ0v) is 17.8. The number of carbonyl (C=O) groups excluding carboxylic acids is 1. The van der Waals surface area contributed by atoms with Crippen LogP contribution < -0.4 is 0 Å². The van der Waals surface area contributed by atoms with Crippen LogP contribution in [0.1, 0.15) is 38.2 Å². The van der Waals surface area contributed by atoms with Gasteiger partial charge in [-0.25, -0.2) is 0 Å². The number of benzene rings is 1. The average Bonchev–Trinajstić information content (AvgIpc) is 2.97. The van der Waals surface area contributed by atoms with E-state index < -0.39 is 0 Å². The van der Waals surface area contributed by atoms with Crippen LogP contribution in [-0.2, 0) is 18.3 Å². The van der Waals surface area contributed by atoms with Gasteiger partial charge in [-0.3, -0.25) is 4.79 Å². The summed E-state index contributed by atoms with van der Waals surface area (Å²) in [7, 11) is 4.29. The lowest BCUT2D eigenvalue weighted by molar-refractivity contribution is -0.131. The zero-order valence-electron chi connectivity index (χ0n) is 17.0. The highest BCUT2D eigenvalue weighted by Gasteiger charge is 2.21. The van der Waals surface area contributed by atoms with Gasteiger partial charge in [0, 0.05) is 37.1 Å². The van der Waals surface area contributed by atoms with Crippen LogP contribution in [0, 0.1) is 0 Å². The summed E-state index contributed by atoms with van der Waals surface area (Å²) in [6, 6.07) is 8.46. The van der Waals surface area contributed by atoms with Gasteiger partial charge in [0.1, 0.15) is 0 Å². The molecule has 0 spiro atoms. The lowest BCUT2D eigenvalue weighted by Crippen LogP contribution is -2.38. The third kappa shape index (κ3) is 5.29. The Morgan fingerprint density at radius 2 is 1.85 bits per heavy atom. The standard InChI is InChI=1S/C22H33N3OS/c1-18-25(15-7-6-13-23(2)14-8-16-27-18)22(26)12-11-19-17-24(3)21-10-5-4-9-20(19)21/h4-5,9-10,17-18H,6-8,11-16H2,1-3H3. The van der Waals surface area contributed by atoms with Gasteiger partial charge in [-0.05, 0) is 70.1 Å². The van der Waals surface area contributed by atoms with Crippen molar-refractivity contribution in [2.24, 2.45) is 7.05 Å². The van der Waals surface area contributed by atoms with E-state index in [2.05, 4.69) is 65.8 Å². The predicted octanol–water partition coefficient (Wildman–Crippen LogP) is 4.13. The Bertz CT molecular complexity index is 757. The molecule has 2 aromatic rings. The van der Waals surface area contributed by atoms with Gasteiger partial charge in [-0.1, -0.05) is 18.2 Å². The molecule has 148 valence electrons.